The Hall–Kier alpha value is -3.61. The predicted octanol–water partition coefficient (Wildman–Crippen LogP) is 6.64. The molecule has 2 rings (SSSR count). The number of carbonyl (C=O) groups excluding carboxylic acids is 3. The van der Waals surface area contributed by atoms with Crippen molar-refractivity contribution in [3.8, 4) is 0 Å². The zero-order valence-electron chi connectivity index (χ0n) is 23.7. The molecule has 0 aliphatic rings. The molecular formula is C31H43N3O4. The van der Waals surface area contributed by atoms with Gasteiger partial charge in [0, 0.05) is 12.2 Å². The van der Waals surface area contributed by atoms with E-state index in [1.54, 1.807) is 38.7 Å². The van der Waals surface area contributed by atoms with Crippen LogP contribution in [0.15, 0.2) is 55.1 Å². The molecule has 0 spiro atoms. The number of hydrogen-bond donors (Lipinski definition) is 2. The Morgan fingerprint density at radius 2 is 1.76 bits per heavy atom. The second-order valence-electron chi connectivity index (χ2n) is 10.5. The molecule has 2 unspecified atom stereocenters. The molecule has 38 heavy (non-hydrogen) atoms. The number of nitrogens with one attached hydrogen (secondary N) is 2. The number of para-hydroxylation sites is 1. The third kappa shape index (κ3) is 9.36. The van der Waals surface area contributed by atoms with Crippen molar-refractivity contribution in [1.82, 2.24) is 10.2 Å². The molecule has 0 heterocycles. The number of hydrogen-bond acceptors (Lipinski definition) is 4. The summed E-state index contributed by atoms with van der Waals surface area (Å²) in [4.78, 5) is 41.8. The molecular weight excluding hydrogens is 478 g/mol. The largest absolute Gasteiger partial charge is 0.444 e. The molecule has 0 saturated carbocycles. The fraction of sp³-hybridized carbons (Fsp3) is 0.452. The molecule has 0 aromatic heterocycles. The molecule has 0 bridgehead atoms. The molecule has 3 amide bonds. The minimum atomic E-state index is -0.911. The molecule has 2 aromatic rings. The van der Waals surface area contributed by atoms with Crippen LogP contribution in [-0.2, 0) is 14.3 Å². The zero-order valence-corrected chi connectivity index (χ0v) is 23.7. The maximum absolute atomic E-state index is 13.9. The van der Waals surface area contributed by atoms with Crippen molar-refractivity contribution in [2.24, 2.45) is 0 Å². The highest BCUT2D eigenvalue weighted by Gasteiger charge is 2.34. The van der Waals surface area contributed by atoms with Gasteiger partial charge in [-0.05, 0) is 69.9 Å². The van der Waals surface area contributed by atoms with E-state index in [-0.39, 0.29) is 11.8 Å². The first kappa shape index (κ1) is 30.6. The third-order valence-corrected chi connectivity index (χ3v) is 6.06. The van der Waals surface area contributed by atoms with Gasteiger partial charge in [0.1, 0.15) is 17.7 Å². The van der Waals surface area contributed by atoms with Gasteiger partial charge < -0.3 is 20.3 Å². The molecule has 2 atom stereocenters. The maximum atomic E-state index is 13.9. The molecule has 0 radical (unpaired) electrons. The number of unbranched alkanes of at least 4 members (excludes halogenated alkanes) is 3. The highest BCUT2D eigenvalue weighted by Crippen LogP contribution is 2.27. The lowest BCUT2D eigenvalue weighted by Gasteiger charge is -2.34. The summed E-state index contributed by atoms with van der Waals surface area (Å²) in [6.45, 7) is 15.2. The van der Waals surface area contributed by atoms with E-state index in [9.17, 15) is 14.4 Å². The third-order valence-electron chi connectivity index (χ3n) is 6.06. The number of aryl methyl sites for hydroxylation is 1. The first-order valence-corrected chi connectivity index (χ1v) is 13.4. The lowest BCUT2D eigenvalue weighted by molar-refractivity contribution is -0.140. The van der Waals surface area contributed by atoms with Crippen LogP contribution in [0.4, 0.5) is 10.5 Å². The van der Waals surface area contributed by atoms with Crippen LogP contribution in [0.3, 0.4) is 0 Å². The summed E-state index contributed by atoms with van der Waals surface area (Å²) in [5.74, 6) is -0.685. The van der Waals surface area contributed by atoms with Crippen LogP contribution >= 0.6 is 0 Å². The Morgan fingerprint density at radius 3 is 2.39 bits per heavy atom. The van der Waals surface area contributed by atoms with Crippen LogP contribution in [-0.4, -0.2) is 41.0 Å². The van der Waals surface area contributed by atoms with E-state index in [0.717, 1.165) is 36.8 Å². The quantitative estimate of drug-likeness (QED) is 0.307. The summed E-state index contributed by atoms with van der Waals surface area (Å²) in [5, 5.41) is 5.67. The minimum Gasteiger partial charge on any atom is -0.444 e. The number of benzene rings is 2. The van der Waals surface area contributed by atoms with Gasteiger partial charge in [-0.3, -0.25) is 9.59 Å². The number of nitrogens with zero attached hydrogens (tertiary/aromatic N) is 1. The van der Waals surface area contributed by atoms with Crippen LogP contribution < -0.4 is 10.6 Å². The fourth-order valence-electron chi connectivity index (χ4n) is 4.11. The second-order valence-corrected chi connectivity index (χ2v) is 10.5. The van der Waals surface area contributed by atoms with E-state index in [1.165, 1.54) is 0 Å². The highest BCUT2D eigenvalue weighted by molar-refractivity contribution is 5.99. The maximum Gasteiger partial charge on any atom is 0.408 e. The number of amides is 3. The Labute approximate surface area is 227 Å². The molecule has 206 valence electrons. The van der Waals surface area contributed by atoms with Crippen LogP contribution in [0.5, 0.6) is 0 Å². The monoisotopic (exact) mass is 521 g/mol. The van der Waals surface area contributed by atoms with Gasteiger partial charge in [-0.1, -0.05) is 75.2 Å². The van der Waals surface area contributed by atoms with Crippen LogP contribution in [0, 0.1) is 6.92 Å². The second kappa shape index (κ2) is 14.4. The van der Waals surface area contributed by atoms with E-state index in [1.807, 2.05) is 55.5 Å². The fourth-order valence-corrected chi connectivity index (χ4v) is 4.11. The smallest absolute Gasteiger partial charge is 0.408 e. The van der Waals surface area contributed by atoms with Gasteiger partial charge in [0.05, 0.1) is 0 Å². The summed E-state index contributed by atoms with van der Waals surface area (Å²) in [7, 11) is 0. The number of rotatable bonds is 12. The molecule has 7 heteroatoms. The van der Waals surface area contributed by atoms with Crippen molar-refractivity contribution in [1.29, 1.82) is 0 Å². The van der Waals surface area contributed by atoms with Crippen molar-refractivity contribution in [3.05, 3.63) is 71.8 Å². The lowest BCUT2D eigenvalue weighted by Crippen LogP contribution is -2.51. The number of alkyl carbamates (subject to hydrolysis) is 1. The highest BCUT2D eigenvalue weighted by atomic mass is 16.6. The molecule has 2 aromatic carbocycles. The predicted molar refractivity (Wildman–Crippen MR) is 154 cm³/mol. The summed E-state index contributed by atoms with van der Waals surface area (Å²) in [6, 6.07) is 13.2. The Balaban J connectivity index is 2.47. The average Bonchev–Trinajstić information content (AvgIpc) is 2.85. The minimum absolute atomic E-state index is 0.325. The van der Waals surface area contributed by atoms with Gasteiger partial charge in [-0.25, -0.2) is 4.79 Å². The van der Waals surface area contributed by atoms with E-state index in [2.05, 4.69) is 24.1 Å². The first-order valence-electron chi connectivity index (χ1n) is 13.4. The summed E-state index contributed by atoms with van der Waals surface area (Å²) >= 11 is 0. The van der Waals surface area contributed by atoms with Crippen LogP contribution in [0.25, 0.3) is 6.08 Å². The van der Waals surface area contributed by atoms with Crippen molar-refractivity contribution in [2.45, 2.75) is 84.9 Å². The molecule has 0 aliphatic heterocycles. The van der Waals surface area contributed by atoms with Crippen LogP contribution in [0.2, 0.25) is 0 Å². The summed E-state index contributed by atoms with van der Waals surface area (Å²) in [5.41, 5.74) is 2.41. The Morgan fingerprint density at radius 1 is 1.05 bits per heavy atom. The topological polar surface area (TPSA) is 87.7 Å². The van der Waals surface area contributed by atoms with Gasteiger partial charge >= 0.3 is 6.09 Å². The van der Waals surface area contributed by atoms with E-state index in [4.69, 9.17) is 4.74 Å². The Bertz CT molecular complexity index is 1110. The van der Waals surface area contributed by atoms with Crippen molar-refractivity contribution in [3.63, 3.8) is 0 Å². The van der Waals surface area contributed by atoms with Gasteiger partial charge in [0.15, 0.2) is 0 Å². The standard InChI is InChI=1S/C31H43N3O4/c1-8-10-11-14-20-34(29(36)23(4)32-30(37)38-31(5,6)7)27(25-18-15-17-24(9-2)21-25)28(35)33-26-19-13-12-16-22(26)3/h9,12-13,15-19,21,23,27H,2,8,10-11,14,20H2,1,3-7H3,(H,32,37)(H,33,35). The van der Waals surface area contributed by atoms with Crippen molar-refractivity contribution >= 4 is 29.7 Å². The van der Waals surface area contributed by atoms with Gasteiger partial charge in [0.25, 0.3) is 5.91 Å². The number of carbonyl (C=O) groups is 3. The molecule has 2 N–H and O–H groups in total. The summed E-state index contributed by atoms with van der Waals surface area (Å²) < 4.78 is 5.36. The van der Waals surface area contributed by atoms with E-state index < -0.39 is 23.8 Å². The van der Waals surface area contributed by atoms with Crippen molar-refractivity contribution < 1.29 is 19.1 Å². The van der Waals surface area contributed by atoms with E-state index >= 15 is 0 Å². The average molecular weight is 522 g/mol. The first-order chi connectivity index (χ1) is 18.0. The van der Waals surface area contributed by atoms with E-state index in [0.29, 0.717) is 17.8 Å². The number of anilines is 1. The van der Waals surface area contributed by atoms with Gasteiger partial charge in [0.2, 0.25) is 5.91 Å². The van der Waals surface area contributed by atoms with Gasteiger partial charge in [-0.15, -0.1) is 0 Å². The zero-order chi connectivity index (χ0) is 28.3. The lowest BCUT2D eigenvalue weighted by atomic mass is 9.99. The Kier molecular flexibility index (Phi) is 11.6. The molecule has 0 aliphatic carbocycles. The van der Waals surface area contributed by atoms with Crippen molar-refractivity contribution in [2.75, 3.05) is 11.9 Å². The van der Waals surface area contributed by atoms with Crippen LogP contribution in [0.1, 0.15) is 83.0 Å². The SMILES string of the molecule is C=Cc1cccc(C(C(=O)Nc2ccccc2C)N(CCCCCC)C(=O)C(C)NC(=O)OC(C)(C)C)c1. The normalized spacial score (nSPS) is 12.7. The summed E-state index contributed by atoms with van der Waals surface area (Å²) in [6.07, 6.45) is 4.75. The van der Waals surface area contributed by atoms with Gasteiger partial charge in [-0.2, -0.15) is 0 Å². The molecule has 0 saturated heterocycles. The molecule has 7 nitrogen and oxygen atoms in total. The molecule has 0 fully saturated rings. The number of ether oxygens (including phenoxy) is 1.